The second-order valence-corrected chi connectivity index (χ2v) is 17.5. The van der Waals surface area contributed by atoms with Crippen LogP contribution in [0.5, 0.6) is 0 Å². The lowest BCUT2D eigenvalue weighted by Crippen LogP contribution is -2.59. The summed E-state index contributed by atoms with van der Waals surface area (Å²) >= 11 is 6.32. The van der Waals surface area contributed by atoms with Crippen LogP contribution in [0.1, 0.15) is 81.8 Å². The molecule has 0 unspecified atom stereocenters. The molecule has 0 spiro atoms. The maximum Gasteiger partial charge on any atom is 0.410 e. The molecule has 0 bridgehead atoms. The lowest BCUT2D eigenvalue weighted by molar-refractivity contribution is -0.193. The van der Waals surface area contributed by atoms with Crippen molar-refractivity contribution < 1.29 is 50.3 Å². The molecule has 1 saturated heterocycles. The minimum Gasteiger partial charge on any atom is -0.444 e. The molecule has 5 atom stereocenters. The zero-order valence-corrected chi connectivity index (χ0v) is 30.3. The molecule has 1 aromatic rings. The second kappa shape index (κ2) is 13.8. The van der Waals surface area contributed by atoms with Crippen LogP contribution in [-0.4, -0.2) is 89.6 Å². The molecule has 3 aliphatic heterocycles. The molecule has 5 amide bonds. The summed E-state index contributed by atoms with van der Waals surface area (Å²) in [5, 5.41) is 4.83. The molecule has 3 heterocycles. The van der Waals surface area contributed by atoms with Gasteiger partial charge in [-0.3, -0.25) is 28.8 Å². The van der Waals surface area contributed by atoms with E-state index in [0.717, 1.165) is 16.0 Å². The van der Waals surface area contributed by atoms with Gasteiger partial charge in [-0.05, 0) is 68.6 Å². The predicted octanol–water partition coefficient (Wildman–Crippen LogP) is 3.59. The topological polar surface area (TPSA) is 171 Å². The van der Waals surface area contributed by atoms with Crippen molar-refractivity contribution >= 4 is 51.3 Å². The number of hydrogen-bond donors (Lipinski definition) is 3. The number of nitrogens with one attached hydrogen (secondary N) is 3. The quantitative estimate of drug-likeness (QED) is 0.368. The van der Waals surface area contributed by atoms with Crippen LogP contribution in [0.3, 0.4) is 0 Å². The van der Waals surface area contributed by atoms with Crippen LogP contribution in [0, 0.1) is 11.3 Å². The number of allylic oxidation sites excluding steroid dienone is 1. The van der Waals surface area contributed by atoms with Crippen molar-refractivity contribution in [2.75, 3.05) is 6.54 Å². The molecule has 4 fully saturated rings. The van der Waals surface area contributed by atoms with E-state index >= 15 is 0 Å². The van der Waals surface area contributed by atoms with E-state index in [1.165, 1.54) is 4.90 Å². The summed E-state index contributed by atoms with van der Waals surface area (Å²) in [6.45, 7) is 0.0530. The van der Waals surface area contributed by atoms with Gasteiger partial charge in [-0.2, -0.15) is 13.2 Å². The summed E-state index contributed by atoms with van der Waals surface area (Å²) in [5.74, 6) is -4.42. The highest BCUT2D eigenvalue weighted by atomic mass is 35.5. The Balaban J connectivity index is 1.15. The van der Waals surface area contributed by atoms with Crippen molar-refractivity contribution in [2.24, 2.45) is 11.3 Å². The molecule has 13 nitrogen and oxygen atoms in total. The third-order valence-corrected chi connectivity index (χ3v) is 13.5. The van der Waals surface area contributed by atoms with Crippen molar-refractivity contribution in [3.63, 3.8) is 0 Å². The van der Waals surface area contributed by atoms with Crippen LogP contribution in [0.4, 0.5) is 18.0 Å². The molecule has 3 N–H and O–H groups in total. The Kier molecular flexibility index (Phi) is 9.73. The Morgan fingerprint density at radius 1 is 1.02 bits per heavy atom. The summed E-state index contributed by atoms with van der Waals surface area (Å²) in [5.41, 5.74) is -2.65. The average molecular weight is 784 g/mol. The Hall–Kier alpha value is -3.86. The monoisotopic (exact) mass is 783 g/mol. The third kappa shape index (κ3) is 7.34. The fraction of sp³-hybridized carbons (Fsp3) is 0.629. The van der Waals surface area contributed by atoms with Crippen LogP contribution in [-0.2, 0) is 47.0 Å². The van der Waals surface area contributed by atoms with Gasteiger partial charge >= 0.3 is 12.3 Å². The summed E-state index contributed by atoms with van der Waals surface area (Å²) in [7, 11) is -3.98. The molecule has 18 heteroatoms. The molecular weight excluding hydrogens is 743 g/mol. The molecular formula is C35H41ClF3N5O8S. The number of rotatable bonds is 6. The second-order valence-electron chi connectivity index (χ2n) is 15.1. The number of alkyl halides is 3. The number of benzene rings is 1. The molecule has 1 aromatic carbocycles. The maximum atomic E-state index is 14.3. The van der Waals surface area contributed by atoms with E-state index in [0.29, 0.717) is 43.5 Å². The van der Waals surface area contributed by atoms with E-state index in [9.17, 15) is 45.6 Å². The normalized spacial score (nSPS) is 30.4. The molecule has 288 valence electrons. The van der Waals surface area contributed by atoms with E-state index in [4.69, 9.17) is 16.3 Å². The zero-order chi connectivity index (χ0) is 37.9. The van der Waals surface area contributed by atoms with Gasteiger partial charge in [0.05, 0.1) is 18.3 Å². The van der Waals surface area contributed by atoms with Gasteiger partial charge in [-0.25, -0.2) is 13.2 Å². The maximum absolute atomic E-state index is 14.3. The highest BCUT2D eigenvalue weighted by Gasteiger charge is 2.69. The Labute approximate surface area is 309 Å². The number of ether oxygens (including phenoxy) is 1. The summed E-state index contributed by atoms with van der Waals surface area (Å²) in [4.78, 5) is 71.1. The first-order chi connectivity index (χ1) is 25.0. The van der Waals surface area contributed by atoms with E-state index < -0.39 is 99.1 Å². The highest BCUT2D eigenvalue weighted by Crippen LogP contribution is 2.57. The van der Waals surface area contributed by atoms with Gasteiger partial charge in [-0.1, -0.05) is 48.7 Å². The lowest BCUT2D eigenvalue weighted by atomic mass is 10.0. The van der Waals surface area contributed by atoms with Gasteiger partial charge in [0.1, 0.15) is 29.1 Å². The fourth-order valence-electron chi connectivity index (χ4n) is 7.64. The zero-order valence-electron chi connectivity index (χ0n) is 28.8. The number of nitrogens with zero attached hydrogens (tertiary/aromatic N) is 2. The number of fused-ring (bicyclic) bond motifs is 3. The van der Waals surface area contributed by atoms with Gasteiger partial charge in [-0.15, -0.1) is 0 Å². The smallest absolute Gasteiger partial charge is 0.410 e. The van der Waals surface area contributed by atoms with Crippen molar-refractivity contribution in [3.05, 3.63) is 46.5 Å². The minimum atomic E-state index is -4.82. The van der Waals surface area contributed by atoms with E-state index in [2.05, 4.69) is 15.4 Å². The van der Waals surface area contributed by atoms with Crippen molar-refractivity contribution in [1.82, 2.24) is 25.2 Å². The van der Waals surface area contributed by atoms with Crippen LogP contribution in [0.25, 0.3) is 0 Å². The first-order valence-corrected chi connectivity index (χ1v) is 19.9. The third-order valence-electron chi connectivity index (χ3n) is 11.3. The van der Waals surface area contributed by atoms with Gasteiger partial charge in [0.25, 0.3) is 5.91 Å². The number of sulfonamides is 1. The van der Waals surface area contributed by atoms with Gasteiger partial charge in [0, 0.05) is 23.9 Å². The number of amides is 5. The first kappa shape index (κ1) is 37.5. The molecule has 3 aliphatic carbocycles. The Morgan fingerprint density at radius 3 is 2.45 bits per heavy atom. The Morgan fingerprint density at radius 2 is 1.77 bits per heavy atom. The van der Waals surface area contributed by atoms with Crippen molar-refractivity contribution in [1.29, 1.82) is 0 Å². The molecule has 6 aliphatic rings. The van der Waals surface area contributed by atoms with Crippen LogP contribution in [0.15, 0.2) is 30.4 Å². The molecule has 3 saturated carbocycles. The molecule has 0 radical (unpaired) electrons. The predicted molar refractivity (Wildman–Crippen MR) is 182 cm³/mol. The van der Waals surface area contributed by atoms with Crippen LogP contribution in [0.2, 0.25) is 5.02 Å². The molecule has 7 rings (SSSR count). The SMILES string of the molecule is O=C1N[C@]2(C(=O)NS(=O)(=O)C3CC3)C[C@H]2/C=C\CCCCC[C@H](NC(=O)C2(C(F)(F)F)CC2)C(=O)N2C[C@H](OC(=O)N3Cc4cccc(Cl)c4C3)C[C@@H]12. The van der Waals surface area contributed by atoms with Crippen LogP contribution < -0.4 is 15.4 Å². The number of carbonyl (C=O) groups is 5. The summed E-state index contributed by atoms with van der Waals surface area (Å²) in [6, 6.07) is 2.49. The number of halogens is 4. The van der Waals surface area contributed by atoms with Gasteiger partial charge in [0.15, 0.2) is 0 Å². The Bertz CT molecular complexity index is 1850. The molecule has 53 heavy (non-hydrogen) atoms. The molecule has 0 aromatic heterocycles. The minimum absolute atomic E-state index is 0.00168. The summed E-state index contributed by atoms with van der Waals surface area (Å²) in [6.07, 6.45) is -1.04. The average Bonchev–Trinajstić information content (AvgIpc) is 4.03. The number of hydrogen-bond acceptors (Lipinski definition) is 8. The first-order valence-electron chi connectivity index (χ1n) is 18.0. The van der Waals surface area contributed by atoms with Crippen molar-refractivity contribution in [3.8, 4) is 0 Å². The van der Waals surface area contributed by atoms with E-state index in [-0.39, 0.29) is 38.9 Å². The van der Waals surface area contributed by atoms with E-state index in [1.54, 1.807) is 18.2 Å². The summed E-state index contributed by atoms with van der Waals surface area (Å²) < 4.78 is 75.1. The largest absolute Gasteiger partial charge is 0.444 e. The van der Waals surface area contributed by atoms with Crippen molar-refractivity contribution in [2.45, 2.75) is 119 Å². The number of carbonyl (C=O) groups excluding carboxylic acids is 5. The van der Waals surface area contributed by atoms with E-state index in [1.807, 2.05) is 12.1 Å². The van der Waals surface area contributed by atoms with Gasteiger partial charge < -0.3 is 20.3 Å². The van der Waals surface area contributed by atoms with Gasteiger partial charge in [0.2, 0.25) is 27.7 Å². The van der Waals surface area contributed by atoms with Crippen LogP contribution >= 0.6 is 11.6 Å². The fourth-order valence-corrected chi connectivity index (χ4v) is 9.25. The lowest BCUT2D eigenvalue weighted by Gasteiger charge is -2.31. The standard InChI is InChI=1S/C35H41ClF3N5O8S/c36-25-9-6-7-20-17-43(19-24(20)25)32(49)52-22-15-27-28(45)41-34(31(48)42-53(50,51)23-11-12-23)16-21(34)8-4-2-1-3-5-10-26(29(46)44(27)18-22)40-30(47)33(13-14-33)35(37,38)39/h4,6-9,21-23,26-27H,1-3,5,10-19H2,(H,40,47)(H,41,45)(H,42,48)/b8-4-/t21-,22-,26+,27+,34-/m1/s1. The highest BCUT2D eigenvalue weighted by molar-refractivity contribution is 7.91.